The Balaban J connectivity index is 1.69. The number of amides is 1. The molecular weight excluding hydrogens is 298 g/mol. The highest BCUT2D eigenvalue weighted by Crippen LogP contribution is 2.30. The second-order valence-corrected chi connectivity index (χ2v) is 6.24. The fraction of sp³-hybridized carbons (Fsp3) is 0.188. The number of para-hydroxylation sites is 1. The van der Waals surface area contributed by atoms with Gasteiger partial charge in [-0.2, -0.15) is 0 Å². The highest BCUT2D eigenvalue weighted by molar-refractivity contribution is 7.17. The quantitative estimate of drug-likeness (QED) is 0.791. The topological polar surface area (TPSA) is 66.1 Å². The second-order valence-electron chi connectivity index (χ2n) is 5.33. The molecule has 2 aromatic heterocycles. The summed E-state index contributed by atoms with van der Waals surface area (Å²) in [4.78, 5) is 33.4. The fourth-order valence-corrected chi connectivity index (χ4v) is 3.56. The molecule has 0 bridgehead atoms. The number of hydrogen-bond donors (Lipinski definition) is 1. The second kappa shape index (κ2) is 5.06. The Hall–Kier alpha value is -2.47. The Morgan fingerprint density at radius 2 is 2.00 bits per heavy atom. The Morgan fingerprint density at radius 3 is 2.82 bits per heavy atom. The van der Waals surface area contributed by atoms with E-state index in [9.17, 15) is 9.59 Å². The first-order valence-electron chi connectivity index (χ1n) is 7.05. The van der Waals surface area contributed by atoms with Crippen molar-refractivity contribution in [1.82, 2.24) is 9.97 Å². The number of aromatic nitrogens is 2. The van der Waals surface area contributed by atoms with Gasteiger partial charge in [0.25, 0.3) is 5.56 Å². The van der Waals surface area contributed by atoms with E-state index in [1.165, 1.54) is 11.3 Å². The summed E-state index contributed by atoms with van der Waals surface area (Å²) < 4.78 is 0.632. The number of carbonyl (C=O) groups excluding carboxylic acids is 1. The van der Waals surface area contributed by atoms with Crippen LogP contribution in [-0.2, 0) is 4.79 Å². The van der Waals surface area contributed by atoms with Gasteiger partial charge in [-0.05, 0) is 23.6 Å². The van der Waals surface area contributed by atoms with Crippen molar-refractivity contribution in [3.63, 3.8) is 0 Å². The molecule has 1 aliphatic heterocycles. The van der Waals surface area contributed by atoms with Gasteiger partial charge in [-0.15, -0.1) is 11.3 Å². The van der Waals surface area contributed by atoms with Crippen molar-refractivity contribution in [2.45, 2.75) is 12.3 Å². The lowest BCUT2D eigenvalue weighted by Crippen LogP contribution is -2.24. The highest BCUT2D eigenvalue weighted by Gasteiger charge is 2.33. The zero-order chi connectivity index (χ0) is 15.1. The Kier molecular flexibility index (Phi) is 3.04. The summed E-state index contributed by atoms with van der Waals surface area (Å²) in [5.41, 5.74) is 1.46. The van der Waals surface area contributed by atoms with Gasteiger partial charge in [-0.3, -0.25) is 9.59 Å². The average Bonchev–Trinajstić information content (AvgIpc) is 3.15. The molecule has 3 heterocycles. The van der Waals surface area contributed by atoms with Crippen molar-refractivity contribution in [1.29, 1.82) is 0 Å². The zero-order valence-corrected chi connectivity index (χ0v) is 12.5. The first-order valence-corrected chi connectivity index (χ1v) is 7.93. The van der Waals surface area contributed by atoms with E-state index in [0.717, 1.165) is 5.69 Å². The van der Waals surface area contributed by atoms with Crippen molar-refractivity contribution in [2.75, 3.05) is 11.4 Å². The van der Waals surface area contributed by atoms with Gasteiger partial charge < -0.3 is 9.88 Å². The molecule has 1 atom stereocenters. The minimum absolute atomic E-state index is 0.0595. The van der Waals surface area contributed by atoms with Gasteiger partial charge in [0.05, 0.1) is 5.52 Å². The number of benzene rings is 1. The lowest BCUT2D eigenvalue weighted by Gasteiger charge is -2.16. The summed E-state index contributed by atoms with van der Waals surface area (Å²) in [5.74, 6) is 0.580. The molecule has 1 aliphatic rings. The van der Waals surface area contributed by atoms with E-state index in [1.807, 2.05) is 41.8 Å². The first kappa shape index (κ1) is 13.2. The zero-order valence-electron chi connectivity index (χ0n) is 11.7. The molecule has 1 saturated heterocycles. The first-order chi connectivity index (χ1) is 10.7. The van der Waals surface area contributed by atoms with Gasteiger partial charge in [0, 0.05) is 24.6 Å². The van der Waals surface area contributed by atoms with E-state index in [0.29, 0.717) is 29.0 Å². The Labute approximate surface area is 130 Å². The van der Waals surface area contributed by atoms with Crippen LogP contribution >= 0.6 is 11.3 Å². The molecular formula is C16H13N3O2S. The third kappa shape index (κ3) is 2.12. The third-order valence-electron chi connectivity index (χ3n) is 3.91. The largest absolute Gasteiger partial charge is 0.312 e. The van der Waals surface area contributed by atoms with E-state index in [2.05, 4.69) is 9.97 Å². The predicted octanol–water partition coefficient (Wildman–Crippen LogP) is 2.51. The number of carbonyl (C=O) groups is 1. The molecule has 0 spiro atoms. The molecule has 1 fully saturated rings. The minimum atomic E-state index is -0.124. The maximum absolute atomic E-state index is 12.3. The number of thiophene rings is 1. The molecule has 3 aromatic rings. The molecule has 4 rings (SSSR count). The number of anilines is 1. The van der Waals surface area contributed by atoms with Crippen LogP contribution in [0, 0.1) is 0 Å². The van der Waals surface area contributed by atoms with Crippen LogP contribution in [-0.4, -0.2) is 22.4 Å². The number of rotatable bonds is 2. The maximum Gasteiger partial charge on any atom is 0.268 e. The summed E-state index contributed by atoms with van der Waals surface area (Å²) in [5, 5.41) is 1.85. The third-order valence-corrected chi connectivity index (χ3v) is 4.82. The van der Waals surface area contributed by atoms with Crippen LogP contribution in [0.2, 0.25) is 0 Å². The van der Waals surface area contributed by atoms with Crippen LogP contribution in [0.3, 0.4) is 0 Å². The minimum Gasteiger partial charge on any atom is -0.312 e. The predicted molar refractivity (Wildman–Crippen MR) is 86.4 cm³/mol. The average molecular weight is 311 g/mol. The van der Waals surface area contributed by atoms with E-state index < -0.39 is 0 Å². The van der Waals surface area contributed by atoms with Crippen LogP contribution in [0.4, 0.5) is 5.69 Å². The number of fused-ring (bicyclic) bond motifs is 1. The maximum atomic E-state index is 12.3. The Morgan fingerprint density at radius 1 is 1.18 bits per heavy atom. The fourth-order valence-electron chi connectivity index (χ4n) is 2.83. The summed E-state index contributed by atoms with van der Waals surface area (Å²) in [6, 6.07) is 11.4. The van der Waals surface area contributed by atoms with Crippen molar-refractivity contribution in [3.05, 3.63) is 58.0 Å². The van der Waals surface area contributed by atoms with E-state index in [-0.39, 0.29) is 17.4 Å². The number of aromatic amines is 1. The molecule has 1 amide bonds. The number of nitrogens with one attached hydrogen (secondary N) is 1. The van der Waals surface area contributed by atoms with E-state index in [1.54, 1.807) is 4.90 Å². The summed E-state index contributed by atoms with van der Waals surface area (Å²) >= 11 is 1.38. The van der Waals surface area contributed by atoms with Crippen LogP contribution in [0.5, 0.6) is 0 Å². The van der Waals surface area contributed by atoms with Gasteiger partial charge in [-0.25, -0.2) is 4.98 Å². The summed E-state index contributed by atoms with van der Waals surface area (Å²) in [6.07, 6.45) is 0.369. The standard InChI is InChI=1S/C16H13N3O2S/c20-13-8-10(9-19(13)11-4-2-1-3-5-11)15-17-12-6-7-22-14(12)16(21)18-15/h1-7,10H,8-9H2,(H,17,18,21)/t10-/m0/s1. The van der Waals surface area contributed by atoms with Crippen LogP contribution < -0.4 is 10.5 Å². The van der Waals surface area contributed by atoms with E-state index >= 15 is 0 Å². The smallest absolute Gasteiger partial charge is 0.268 e. The lowest BCUT2D eigenvalue weighted by atomic mass is 10.1. The molecule has 5 nitrogen and oxygen atoms in total. The molecule has 6 heteroatoms. The van der Waals surface area contributed by atoms with Gasteiger partial charge in [0.15, 0.2) is 0 Å². The van der Waals surface area contributed by atoms with Gasteiger partial charge >= 0.3 is 0 Å². The molecule has 22 heavy (non-hydrogen) atoms. The monoisotopic (exact) mass is 311 g/mol. The summed E-state index contributed by atoms with van der Waals surface area (Å²) in [6.45, 7) is 0.543. The lowest BCUT2D eigenvalue weighted by molar-refractivity contribution is -0.117. The number of hydrogen-bond acceptors (Lipinski definition) is 4. The SMILES string of the molecule is O=C1C[C@H](c2nc3ccsc3c(=O)[nH]2)CN1c1ccccc1. The van der Waals surface area contributed by atoms with Crippen LogP contribution in [0.15, 0.2) is 46.6 Å². The van der Waals surface area contributed by atoms with Gasteiger partial charge in [0.2, 0.25) is 5.91 Å². The van der Waals surface area contributed by atoms with Crippen molar-refractivity contribution < 1.29 is 4.79 Å². The van der Waals surface area contributed by atoms with Crippen LogP contribution in [0.1, 0.15) is 18.2 Å². The van der Waals surface area contributed by atoms with Crippen molar-refractivity contribution >= 4 is 33.1 Å². The molecule has 0 saturated carbocycles. The number of nitrogens with zero attached hydrogens (tertiary/aromatic N) is 2. The molecule has 1 aromatic carbocycles. The molecule has 1 N–H and O–H groups in total. The van der Waals surface area contributed by atoms with Crippen molar-refractivity contribution in [2.24, 2.45) is 0 Å². The normalized spacial score (nSPS) is 18.3. The molecule has 110 valence electrons. The molecule has 0 unspecified atom stereocenters. The van der Waals surface area contributed by atoms with Gasteiger partial charge in [0.1, 0.15) is 10.5 Å². The number of H-pyrrole nitrogens is 1. The highest BCUT2D eigenvalue weighted by atomic mass is 32.1. The molecule has 0 radical (unpaired) electrons. The Bertz CT molecular complexity index is 900. The van der Waals surface area contributed by atoms with E-state index in [4.69, 9.17) is 0 Å². The summed E-state index contributed by atoms with van der Waals surface area (Å²) in [7, 11) is 0. The van der Waals surface area contributed by atoms with Crippen LogP contribution in [0.25, 0.3) is 10.2 Å². The van der Waals surface area contributed by atoms with Crippen molar-refractivity contribution in [3.8, 4) is 0 Å². The van der Waals surface area contributed by atoms with Gasteiger partial charge in [-0.1, -0.05) is 18.2 Å². The molecule has 0 aliphatic carbocycles.